The number of aromatic nitrogens is 2. The lowest BCUT2D eigenvalue weighted by atomic mass is 10.2. The number of rotatable bonds is 0. The molecule has 0 fully saturated rings. The standard InChI is InChI=1S/C13H10N2O2/c1-8-12(16)15-10-6-4-3-5-9(10)7-11(15)13(17)14(8)2/h3-7H,1H2,2H3. The highest BCUT2D eigenvalue weighted by molar-refractivity contribution is 5.86. The van der Waals surface area contributed by atoms with E-state index < -0.39 is 0 Å². The van der Waals surface area contributed by atoms with E-state index >= 15 is 0 Å². The van der Waals surface area contributed by atoms with Crippen LogP contribution < -0.4 is 16.5 Å². The van der Waals surface area contributed by atoms with Crippen molar-refractivity contribution < 1.29 is 0 Å². The third-order valence-corrected chi connectivity index (χ3v) is 3.09. The highest BCUT2D eigenvalue weighted by Gasteiger charge is 2.10. The molecule has 4 heteroatoms. The van der Waals surface area contributed by atoms with Crippen LogP contribution in [0.5, 0.6) is 0 Å². The van der Waals surface area contributed by atoms with E-state index in [0.717, 1.165) is 10.9 Å². The summed E-state index contributed by atoms with van der Waals surface area (Å²) >= 11 is 0. The second-order valence-electron chi connectivity index (χ2n) is 4.04. The van der Waals surface area contributed by atoms with Crippen molar-refractivity contribution in [3.63, 3.8) is 0 Å². The van der Waals surface area contributed by atoms with Gasteiger partial charge in [0.05, 0.1) is 5.52 Å². The summed E-state index contributed by atoms with van der Waals surface area (Å²) in [7, 11) is 1.56. The van der Waals surface area contributed by atoms with Gasteiger partial charge in [0.1, 0.15) is 10.9 Å². The zero-order valence-corrected chi connectivity index (χ0v) is 9.30. The molecule has 0 aliphatic heterocycles. The summed E-state index contributed by atoms with van der Waals surface area (Å²) in [5.41, 5.74) is 0.690. The van der Waals surface area contributed by atoms with Crippen molar-refractivity contribution in [1.29, 1.82) is 0 Å². The second-order valence-corrected chi connectivity index (χ2v) is 4.04. The van der Waals surface area contributed by atoms with Crippen LogP contribution in [0.1, 0.15) is 0 Å². The molecule has 0 unspecified atom stereocenters. The summed E-state index contributed by atoms with van der Waals surface area (Å²) in [5.74, 6) is 0. The molecule has 0 saturated carbocycles. The first-order valence-corrected chi connectivity index (χ1v) is 5.23. The molecule has 0 saturated heterocycles. The first kappa shape index (κ1) is 9.84. The van der Waals surface area contributed by atoms with Crippen LogP contribution in [-0.4, -0.2) is 8.97 Å². The highest BCUT2D eigenvalue weighted by Crippen LogP contribution is 2.15. The van der Waals surface area contributed by atoms with Crippen LogP contribution in [0.15, 0.2) is 39.9 Å². The maximum Gasteiger partial charge on any atom is 0.279 e. The van der Waals surface area contributed by atoms with Crippen molar-refractivity contribution in [3.8, 4) is 0 Å². The number of fused-ring (bicyclic) bond motifs is 3. The Balaban J connectivity index is 2.83. The van der Waals surface area contributed by atoms with Gasteiger partial charge in [-0.15, -0.1) is 0 Å². The molecule has 0 bridgehead atoms. The lowest BCUT2D eigenvalue weighted by molar-refractivity contribution is 0.800. The van der Waals surface area contributed by atoms with Crippen molar-refractivity contribution in [1.82, 2.24) is 8.97 Å². The van der Waals surface area contributed by atoms with Crippen LogP contribution >= 0.6 is 0 Å². The Kier molecular flexibility index (Phi) is 1.78. The van der Waals surface area contributed by atoms with E-state index in [2.05, 4.69) is 6.58 Å². The van der Waals surface area contributed by atoms with Gasteiger partial charge in [0, 0.05) is 12.4 Å². The van der Waals surface area contributed by atoms with Gasteiger partial charge in [0.25, 0.3) is 11.1 Å². The van der Waals surface area contributed by atoms with E-state index in [1.54, 1.807) is 13.1 Å². The molecule has 0 amide bonds. The lowest BCUT2D eigenvalue weighted by Crippen LogP contribution is -2.44. The predicted molar refractivity (Wildman–Crippen MR) is 67.2 cm³/mol. The molecule has 0 aliphatic rings. The van der Waals surface area contributed by atoms with Gasteiger partial charge in [-0.05, 0) is 12.1 Å². The molecule has 0 N–H and O–H groups in total. The summed E-state index contributed by atoms with van der Waals surface area (Å²) < 4.78 is 2.72. The molecular weight excluding hydrogens is 216 g/mol. The zero-order valence-electron chi connectivity index (χ0n) is 9.30. The van der Waals surface area contributed by atoms with Gasteiger partial charge in [0.15, 0.2) is 0 Å². The number of hydrogen-bond acceptors (Lipinski definition) is 2. The highest BCUT2D eigenvalue weighted by atomic mass is 16.1. The molecule has 3 rings (SSSR count). The molecule has 3 aromatic rings. The van der Waals surface area contributed by atoms with Gasteiger partial charge in [-0.2, -0.15) is 0 Å². The fourth-order valence-electron chi connectivity index (χ4n) is 2.10. The molecule has 0 atom stereocenters. The molecule has 2 aromatic heterocycles. The third-order valence-electron chi connectivity index (χ3n) is 3.09. The minimum atomic E-state index is -0.247. The molecule has 4 nitrogen and oxygen atoms in total. The largest absolute Gasteiger partial charge is 0.306 e. The number of hydrogen-bond donors (Lipinski definition) is 0. The zero-order chi connectivity index (χ0) is 12.2. The molecule has 0 spiro atoms. The van der Waals surface area contributed by atoms with Crippen LogP contribution in [0.3, 0.4) is 0 Å². The fourth-order valence-corrected chi connectivity index (χ4v) is 2.10. The van der Waals surface area contributed by atoms with Crippen molar-refractivity contribution in [2.45, 2.75) is 0 Å². The SMILES string of the molecule is C=c1c(=O)n2c(cc3ccccc32)c(=O)n1C. The minimum Gasteiger partial charge on any atom is -0.306 e. The number of benzene rings is 1. The summed E-state index contributed by atoms with van der Waals surface area (Å²) in [6.45, 7) is 3.65. The minimum absolute atomic E-state index is 0.198. The average Bonchev–Trinajstić information content (AvgIpc) is 2.73. The van der Waals surface area contributed by atoms with E-state index in [0.29, 0.717) is 5.52 Å². The van der Waals surface area contributed by atoms with Crippen LogP contribution in [0, 0.1) is 0 Å². The Labute approximate surface area is 96.0 Å². The Morgan fingerprint density at radius 1 is 1.06 bits per heavy atom. The Bertz CT molecular complexity index is 903. The third kappa shape index (κ3) is 1.12. The predicted octanol–water partition coefficient (Wildman–Crippen LogP) is 0.281. The van der Waals surface area contributed by atoms with Gasteiger partial charge >= 0.3 is 0 Å². The first-order chi connectivity index (χ1) is 8.11. The van der Waals surface area contributed by atoms with Crippen molar-refractivity contribution in [2.75, 3.05) is 0 Å². The fraction of sp³-hybridized carbons (Fsp3) is 0.0769. The molecule has 2 heterocycles. The topological polar surface area (TPSA) is 43.5 Å². The Hall–Kier alpha value is -2.36. The van der Waals surface area contributed by atoms with E-state index in [1.165, 1.54) is 8.97 Å². The average molecular weight is 226 g/mol. The summed E-state index contributed by atoms with van der Waals surface area (Å²) in [6, 6.07) is 9.15. The molecular formula is C13H10N2O2. The van der Waals surface area contributed by atoms with Gasteiger partial charge in [-0.25, -0.2) is 0 Å². The molecule has 0 aliphatic carbocycles. The van der Waals surface area contributed by atoms with Gasteiger partial charge in [-0.3, -0.25) is 14.0 Å². The van der Waals surface area contributed by atoms with Gasteiger partial charge in [0.2, 0.25) is 0 Å². The van der Waals surface area contributed by atoms with E-state index in [1.807, 2.05) is 24.3 Å². The number of para-hydroxylation sites is 1. The molecule has 0 radical (unpaired) electrons. The van der Waals surface area contributed by atoms with E-state index in [9.17, 15) is 9.59 Å². The van der Waals surface area contributed by atoms with Crippen LogP contribution in [0.2, 0.25) is 0 Å². The van der Waals surface area contributed by atoms with Gasteiger partial charge in [-0.1, -0.05) is 24.8 Å². The smallest absolute Gasteiger partial charge is 0.279 e. The summed E-state index contributed by atoms with van der Waals surface area (Å²) in [4.78, 5) is 24.2. The quantitative estimate of drug-likeness (QED) is 0.552. The van der Waals surface area contributed by atoms with Crippen molar-refractivity contribution in [2.24, 2.45) is 7.05 Å². The maximum atomic E-state index is 12.1. The van der Waals surface area contributed by atoms with E-state index in [4.69, 9.17) is 0 Å². The molecule has 17 heavy (non-hydrogen) atoms. The van der Waals surface area contributed by atoms with Gasteiger partial charge < -0.3 is 4.57 Å². The van der Waals surface area contributed by atoms with Crippen LogP contribution in [0.4, 0.5) is 0 Å². The summed E-state index contributed by atoms with van der Waals surface area (Å²) in [6.07, 6.45) is 0. The number of nitrogens with zero attached hydrogens (tertiary/aromatic N) is 2. The Morgan fingerprint density at radius 2 is 1.76 bits per heavy atom. The van der Waals surface area contributed by atoms with Crippen molar-refractivity contribution >= 4 is 23.0 Å². The van der Waals surface area contributed by atoms with Crippen LogP contribution in [-0.2, 0) is 7.05 Å². The monoisotopic (exact) mass is 226 g/mol. The lowest BCUT2D eigenvalue weighted by Gasteiger charge is -2.00. The van der Waals surface area contributed by atoms with Crippen molar-refractivity contribution in [3.05, 3.63) is 56.4 Å². The second kappa shape index (κ2) is 3.07. The first-order valence-electron chi connectivity index (χ1n) is 5.23. The van der Waals surface area contributed by atoms with E-state index in [-0.39, 0.29) is 16.5 Å². The molecule has 84 valence electrons. The normalized spacial score (nSPS) is 11.4. The summed E-state index contributed by atoms with van der Waals surface area (Å²) in [5, 5.41) is 1.08. The van der Waals surface area contributed by atoms with Crippen LogP contribution in [0.25, 0.3) is 23.0 Å². The maximum absolute atomic E-state index is 12.1. The Morgan fingerprint density at radius 3 is 2.53 bits per heavy atom. The molecule has 1 aromatic carbocycles.